The van der Waals surface area contributed by atoms with Crippen LogP contribution in [0.5, 0.6) is 5.75 Å². The van der Waals surface area contributed by atoms with Crippen LogP contribution >= 0.6 is 0 Å². The molecule has 0 spiro atoms. The molecule has 1 aromatic rings. The van der Waals surface area contributed by atoms with Crippen LogP contribution in [-0.2, 0) is 16.0 Å². The number of ether oxygens (including phenoxy) is 2. The maximum absolute atomic E-state index is 12.3. The molecule has 0 radical (unpaired) electrons. The average Bonchev–Trinajstić information content (AvgIpc) is 2.47. The zero-order valence-corrected chi connectivity index (χ0v) is 11.2. The van der Waals surface area contributed by atoms with Gasteiger partial charge in [0.15, 0.2) is 0 Å². The first-order valence-corrected chi connectivity index (χ1v) is 6.45. The molecule has 0 bridgehead atoms. The number of rotatable bonds is 4. The summed E-state index contributed by atoms with van der Waals surface area (Å²) in [6, 6.07) is 7.56. The van der Waals surface area contributed by atoms with E-state index in [1.165, 1.54) is 0 Å². The van der Waals surface area contributed by atoms with Crippen molar-refractivity contribution in [3.8, 4) is 5.75 Å². The molecule has 2 rings (SSSR count). The molecule has 2 N–H and O–H groups in total. The number of benzene rings is 1. The van der Waals surface area contributed by atoms with Crippen LogP contribution < -0.4 is 10.5 Å². The lowest BCUT2D eigenvalue weighted by Gasteiger charge is -2.35. The highest BCUT2D eigenvalue weighted by Crippen LogP contribution is 2.15. The second kappa shape index (κ2) is 6.54. The van der Waals surface area contributed by atoms with Gasteiger partial charge in [-0.05, 0) is 17.7 Å². The van der Waals surface area contributed by atoms with Gasteiger partial charge in [-0.25, -0.2) is 0 Å². The molecule has 1 aliphatic rings. The van der Waals surface area contributed by atoms with Gasteiger partial charge in [0.25, 0.3) is 0 Å². The summed E-state index contributed by atoms with van der Waals surface area (Å²) in [6.07, 6.45) is 0.369. The number of nitrogens with zero attached hydrogens (tertiary/aromatic N) is 1. The molecule has 0 aliphatic carbocycles. The van der Waals surface area contributed by atoms with Crippen LogP contribution in [0.2, 0.25) is 0 Å². The van der Waals surface area contributed by atoms with Crippen molar-refractivity contribution in [2.24, 2.45) is 5.73 Å². The van der Waals surface area contributed by atoms with E-state index in [4.69, 9.17) is 15.2 Å². The summed E-state index contributed by atoms with van der Waals surface area (Å²) in [5, 5.41) is 0. The first-order valence-electron chi connectivity index (χ1n) is 6.45. The Hall–Kier alpha value is -1.59. The van der Waals surface area contributed by atoms with E-state index in [-0.39, 0.29) is 11.9 Å². The van der Waals surface area contributed by atoms with Crippen LogP contribution in [0.25, 0.3) is 0 Å². The molecule has 5 nitrogen and oxygen atoms in total. The van der Waals surface area contributed by atoms with Gasteiger partial charge in [0.1, 0.15) is 5.75 Å². The first-order chi connectivity index (χ1) is 9.24. The Bertz CT molecular complexity index is 436. The maximum atomic E-state index is 12.3. The summed E-state index contributed by atoms with van der Waals surface area (Å²) in [5.74, 6) is 0.856. The summed E-state index contributed by atoms with van der Waals surface area (Å²) in [5.41, 5.74) is 6.63. The maximum Gasteiger partial charge on any atom is 0.227 e. The van der Waals surface area contributed by atoms with Gasteiger partial charge in [-0.3, -0.25) is 4.79 Å². The number of nitrogens with two attached hydrogens (primary N) is 1. The zero-order chi connectivity index (χ0) is 13.7. The van der Waals surface area contributed by atoms with Crippen molar-refractivity contribution < 1.29 is 14.3 Å². The van der Waals surface area contributed by atoms with Crippen LogP contribution in [0.3, 0.4) is 0 Å². The molecular formula is C14H20N2O3. The quantitative estimate of drug-likeness (QED) is 0.856. The number of morpholine rings is 1. The lowest BCUT2D eigenvalue weighted by molar-refractivity contribution is -0.138. The fourth-order valence-electron chi connectivity index (χ4n) is 2.24. The van der Waals surface area contributed by atoms with Crippen LogP contribution in [-0.4, -0.2) is 50.3 Å². The van der Waals surface area contributed by atoms with Crippen molar-refractivity contribution in [1.29, 1.82) is 0 Å². The predicted molar refractivity (Wildman–Crippen MR) is 72.1 cm³/mol. The molecule has 1 saturated heterocycles. The SMILES string of the molecule is COc1cccc(CC(=O)N2CCOCC2CN)c1. The number of amides is 1. The molecule has 1 heterocycles. The van der Waals surface area contributed by atoms with Crippen LogP contribution in [0.4, 0.5) is 0 Å². The van der Waals surface area contributed by atoms with Gasteiger partial charge >= 0.3 is 0 Å². The number of carbonyl (C=O) groups excluding carboxylic acids is 1. The summed E-state index contributed by atoms with van der Waals surface area (Å²) < 4.78 is 10.5. The van der Waals surface area contributed by atoms with Crippen molar-refractivity contribution in [1.82, 2.24) is 4.90 Å². The molecule has 19 heavy (non-hydrogen) atoms. The standard InChI is InChI=1S/C14H20N2O3/c1-18-13-4-2-3-11(7-13)8-14(17)16-5-6-19-10-12(16)9-15/h2-4,7,12H,5-6,8-10,15H2,1H3. The van der Waals surface area contributed by atoms with E-state index in [1.54, 1.807) is 7.11 Å². The minimum Gasteiger partial charge on any atom is -0.497 e. The Kier molecular flexibility index (Phi) is 4.76. The lowest BCUT2D eigenvalue weighted by Crippen LogP contribution is -2.52. The number of hydrogen-bond donors (Lipinski definition) is 1. The minimum absolute atomic E-state index is 0.00754. The van der Waals surface area contributed by atoms with E-state index in [0.717, 1.165) is 11.3 Å². The van der Waals surface area contributed by atoms with E-state index in [1.807, 2.05) is 29.2 Å². The second-order valence-electron chi connectivity index (χ2n) is 4.58. The van der Waals surface area contributed by atoms with Crippen molar-refractivity contribution in [2.45, 2.75) is 12.5 Å². The average molecular weight is 264 g/mol. The van der Waals surface area contributed by atoms with Gasteiger partial charge in [0.2, 0.25) is 5.91 Å². The Morgan fingerprint density at radius 1 is 1.58 bits per heavy atom. The molecule has 1 atom stereocenters. The number of methoxy groups -OCH3 is 1. The van der Waals surface area contributed by atoms with Crippen LogP contribution in [0, 0.1) is 0 Å². The van der Waals surface area contributed by atoms with Crippen molar-refractivity contribution in [3.05, 3.63) is 29.8 Å². The topological polar surface area (TPSA) is 64.8 Å². The van der Waals surface area contributed by atoms with Gasteiger partial charge in [-0.1, -0.05) is 12.1 Å². The van der Waals surface area contributed by atoms with E-state index < -0.39 is 0 Å². The van der Waals surface area contributed by atoms with Crippen molar-refractivity contribution >= 4 is 5.91 Å². The van der Waals surface area contributed by atoms with Crippen LogP contribution in [0.1, 0.15) is 5.56 Å². The highest BCUT2D eigenvalue weighted by Gasteiger charge is 2.25. The molecule has 1 fully saturated rings. The molecule has 104 valence electrons. The Balaban J connectivity index is 2.02. The molecule has 1 aromatic carbocycles. The van der Waals surface area contributed by atoms with Crippen LogP contribution in [0.15, 0.2) is 24.3 Å². The monoisotopic (exact) mass is 264 g/mol. The molecule has 1 unspecified atom stereocenters. The van der Waals surface area contributed by atoms with Gasteiger partial charge in [-0.2, -0.15) is 0 Å². The normalized spacial score (nSPS) is 19.3. The number of carbonyl (C=O) groups is 1. The van der Waals surface area contributed by atoms with Gasteiger partial charge < -0.3 is 20.1 Å². The Morgan fingerprint density at radius 3 is 3.16 bits per heavy atom. The second-order valence-corrected chi connectivity index (χ2v) is 4.58. The molecule has 1 amide bonds. The third-order valence-corrected chi connectivity index (χ3v) is 3.31. The predicted octanol–water partition coefficient (Wildman–Crippen LogP) is 0.424. The zero-order valence-electron chi connectivity index (χ0n) is 11.2. The van der Waals surface area contributed by atoms with Gasteiger partial charge in [0.05, 0.1) is 32.8 Å². The fraction of sp³-hybridized carbons (Fsp3) is 0.500. The third-order valence-electron chi connectivity index (χ3n) is 3.31. The largest absolute Gasteiger partial charge is 0.497 e. The molecule has 1 aliphatic heterocycles. The highest BCUT2D eigenvalue weighted by atomic mass is 16.5. The smallest absolute Gasteiger partial charge is 0.227 e. The Morgan fingerprint density at radius 2 is 2.42 bits per heavy atom. The summed E-state index contributed by atoms with van der Waals surface area (Å²) in [4.78, 5) is 14.1. The van der Waals surface area contributed by atoms with Crippen molar-refractivity contribution in [2.75, 3.05) is 33.4 Å². The number of hydrogen-bond acceptors (Lipinski definition) is 4. The minimum atomic E-state index is -0.00754. The van der Waals surface area contributed by atoms with E-state index in [0.29, 0.717) is 32.7 Å². The van der Waals surface area contributed by atoms with E-state index in [2.05, 4.69) is 0 Å². The first kappa shape index (κ1) is 13.8. The molecule has 0 saturated carbocycles. The molecule has 5 heteroatoms. The highest BCUT2D eigenvalue weighted by molar-refractivity contribution is 5.79. The van der Waals surface area contributed by atoms with Crippen molar-refractivity contribution in [3.63, 3.8) is 0 Å². The third kappa shape index (κ3) is 3.45. The fourth-order valence-corrected chi connectivity index (χ4v) is 2.24. The summed E-state index contributed by atoms with van der Waals surface area (Å²) >= 11 is 0. The lowest BCUT2D eigenvalue weighted by atomic mass is 10.1. The molecular weight excluding hydrogens is 244 g/mol. The summed E-state index contributed by atoms with van der Waals surface area (Å²) in [7, 11) is 1.62. The van der Waals surface area contributed by atoms with E-state index >= 15 is 0 Å². The van der Waals surface area contributed by atoms with Gasteiger partial charge in [0, 0.05) is 13.1 Å². The van der Waals surface area contributed by atoms with E-state index in [9.17, 15) is 4.79 Å². The Labute approximate surface area is 113 Å². The van der Waals surface area contributed by atoms with Gasteiger partial charge in [-0.15, -0.1) is 0 Å². The summed E-state index contributed by atoms with van der Waals surface area (Å²) in [6.45, 7) is 2.16. The molecule has 0 aromatic heterocycles.